The second kappa shape index (κ2) is 6.18. The Morgan fingerprint density at radius 3 is 2.72 bits per heavy atom. The average Bonchev–Trinajstić information content (AvgIpc) is 2.87. The van der Waals surface area contributed by atoms with Crippen LogP contribution >= 0.6 is 11.3 Å². The molecule has 3 unspecified atom stereocenters. The zero-order valence-corrected chi connectivity index (χ0v) is 12.8. The molecular formula is C15H25NOS. The van der Waals surface area contributed by atoms with Crippen molar-refractivity contribution in [2.24, 2.45) is 0 Å². The van der Waals surface area contributed by atoms with Crippen LogP contribution in [0.3, 0.4) is 0 Å². The first-order valence-corrected chi connectivity index (χ1v) is 7.89. The minimum Gasteiger partial charge on any atom is -0.373 e. The van der Waals surface area contributed by atoms with Gasteiger partial charge in [-0.05, 0) is 58.2 Å². The molecule has 1 aromatic rings. The second-order valence-electron chi connectivity index (χ2n) is 5.36. The summed E-state index contributed by atoms with van der Waals surface area (Å²) in [4.78, 5) is 2.83. The molecule has 0 spiro atoms. The van der Waals surface area contributed by atoms with Crippen LogP contribution < -0.4 is 5.32 Å². The SMILES string of the molecule is CCCNC(c1cc(C)sc1C)C1CCC(C)O1. The molecule has 3 atom stereocenters. The monoisotopic (exact) mass is 267 g/mol. The van der Waals surface area contributed by atoms with E-state index in [0.29, 0.717) is 18.2 Å². The van der Waals surface area contributed by atoms with Crippen LogP contribution in [0.4, 0.5) is 0 Å². The van der Waals surface area contributed by atoms with Crippen molar-refractivity contribution in [1.29, 1.82) is 0 Å². The maximum Gasteiger partial charge on any atom is 0.0774 e. The smallest absolute Gasteiger partial charge is 0.0774 e. The van der Waals surface area contributed by atoms with Crippen LogP contribution in [0.5, 0.6) is 0 Å². The number of ether oxygens (including phenoxy) is 1. The lowest BCUT2D eigenvalue weighted by Gasteiger charge is -2.25. The third kappa shape index (κ3) is 3.14. The summed E-state index contributed by atoms with van der Waals surface area (Å²) in [6.07, 6.45) is 4.30. The quantitative estimate of drug-likeness (QED) is 0.871. The van der Waals surface area contributed by atoms with Crippen LogP contribution in [-0.4, -0.2) is 18.8 Å². The van der Waals surface area contributed by atoms with Gasteiger partial charge in [0.25, 0.3) is 0 Å². The number of hydrogen-bond donors (Lipinski definition) is 1. The molecule has 0 radical (unpaired) electrons. The summed E-state index contributed by atoms with van der Waals surface area (Å²) in [5.74, 6) is 0. The van der Waals surface area contributed by atoms with Crippen LogP contribution in [0, 0.1) is 13.8 Å². The van der Waals surface area contributed by atoms with Crippen LogP contribution in [0.25, 0.3) is 0 Å². The standard InChI is InChI=1S/C15H25NOS/c1-5-8-16-15(14-7-6-10(2)17-14)13-9-11(3)18-12(13)4/h9-10,14-16H,5-8H2,1-4H3. The number of hydrogen-bond acceptors (Lipinski definition) is 3. The van der Waals surface area contributed by atoms with Crippen LogP contribution in [0.2, 0.25) is 0 Å². The Morgan fingerprint density at radius 2 is 2.22 bits per heavy atom. The lowest BCUT2D eigenvalue weighted by atomic mass is 9.99. The Kier molecular flexibility index (Phi) is 4.82. The highest BCUT2D eigenvalue weighted by Crippen LogP contribution is 2.34. The fraction of sp³-hybridized carbons (Fsp3) is 0.733. The molecule has 1 N–H and O–H groups in total. The molecule has 1 aliphatic heterocycles. The summed E-state index contributed by atoms with van der Waals surface area (Å²) >= 11 is 1.90. The van der Waals surface area contributed by atoms with Gasteiger partial charge in [0, 0.05) is 9.75 Å². The van der Waals surface area contributed by atoms with E-state index in [0.717, 1.165) is 6.54 Å². The zero-order valence-electron chi connectivity index (χ0n) is 12.0. The molecule has 1 fully saturated rings. The highest BCUT2D eigenvalue weighted by Gasteiger charge is 2.31. The average molecular weight is 267 g/mol. The number of nitrogens with one attached hydrogen (secondary N) is 1. The zero-order chi connectivity index (χ0) is 13.1. The Hall–Kier alpha value is -0.380. The van der Waals surface area contributed by atoms with E-state index in [1.54, 1.807) is 0 Å². The van der Waals surface area contributed by atoms with Crippen molar-refractivity contribution in [2.75, 3.05) is 6.54 Å². The van der Waals surface area contributed by atoms with Crippen molar-refractivity contribution in [2.45, 2.75) is 65.2 Å². The Morgan fingerprint density at radius 1 is 1.44 bits per heavy atom. The van der Waals surface area contributed by atoms with Crippen molar-refractivity contribution in [3.63, 3.8) is 0 Å². The van der Waals surface area contributed by atoms with E-state index < -0.39 is 0 Å². The third-order valence-corrected chi connectivity index (χ3v) is 4.65. The molecule has 0 aromatic carbocycles. The number of thiophene rings is 1. The van der Waals surface area contributed by atoms with Gasteiger partial charge in [0.1, 0.15) is 0 Å². The van der Waals surface area contributed by atoms with Gasteiger partial charge in [0.2, 0.25) is 0 Å². The summed E-state index contributed by atoms with van der Waals surface area (Å²) in [6.45, 7) is 9.88. The van der Waals surface area contributed by atoms with Gasteiger partial charge in [-0.15, -0.1) is 11.3 Å². The van der Waals surface area contributed by atoms with Gasteiger partial charge < -0.3 is 10.1 Å². The molecule has 1 aliphatic rings. The van der Waals surface area contributed by atoms with Crippen molar-refractivity contribution in [3.8, 4) is 0 Å². The number of rotatable bonds is 5. The van der Waals surface area contributed by atoms with Crippen LogP contribution in [0.15, 0.2) is 6.07 Å². The van der Waals surface area contributed by atoms with Gasteiger partial charge >= 0.3 is 0 Å². The highest BCUT2D eigenvalue weighted by molar-refractivity contribution is 7.12. The summed E-state index contributed by atoms with van der Waals surface area (Å²) in [5, 5.41) is 3.68. The Balaban J connectivity index is 2.16. The van der Waals surface area contributed by atoms with E-state index >= 15 is 0 Å². The maximum absolute atomic E-state index is 6.08. The Labute approximate surface area is 115 Å². The topological polar surface area (TPSA) is 21.3 Å². The molecule has 1 saturated heterocycles. The van der Waals surface area contributed by atoms with Gasteiger partial charge in [-0.3, -0.25) is 0 Å². The first-order chi connectivity index (χ1) is 8.61. The van der Waals surface area contributed by atoms with E-state index in [1.165, 1.54) is 34.6 Å². The van der Waals surface area contributed by atoms with E-state index in [4.69, 9.17) is 4.74 Å². The summed E-state index contributed by atoms with van der Waals surface area (Å²) in [6, 6.07) is 2.71. The molecule has 2 heterocycles. The first-order valence-electron chi connectivity index (χ1n) is 7.07. The molecule has 0 aliphatic carbocycles. The second-order valence-corrected chi connectivity index (χ2v) is 6.82. The van der Waals surface area contributed by atoms with Gasteiger partial charge in [-0.25, -0.2) is 0 Å². The van der Waals surface area contributed by atoms with E-state index in [-0.39, 0.29) is 0 Å². The normalized spacial score (nSPS) is 25.6. The molecule has 1 aromatic heterocycles. The summed E-state index contributed by atoms with van der Waals surface area (Å²) < 4.78 is 6.08. The maximum atomic E-state index is 6.08. The molecule has 3 heteroatoms. The largest absolute Gasteiger partial charge is 0.373 e. The summed E-state index contributed by atoms with van der Waals surface area (Å²) in [5.41, 5.74) is 1.45. The fourth-order valence-electron chi connectivity index (χ4n) is 2.78. The molecular weight excluding hydrogens is 242 g/mol. The highest BCUT2D eigenvalue weighted by atomic mass is 32.1. The third-order valence-electron chi connectivity index (χ3n) is 3.67. The first kappa shape index (κ1) is 14.0. The van der Waals surface area contributed by atoms with Gasteiger partial charge in [-0.1, -0.05) is 6.92 Å². The van der Waals surface area contributed by atoms with Crippen molar-refractivity contribution < 1.29 is 4.74 Å². The molecule has 0 amide bonds. The minimum atomic E-state index is 0.347. The van der Waals surface area contributed by atoms with Gasteiger partial charge in [0.05, 0.1) is 18.2 Å². The van der Waals surface area contributed by atoms with Gasteiger partial charge in [-0.2, -0.15) is 0 Å². The number of aryl methyl sites for hydroxylation is 2. The van der Waals surface area contributed by atoms with Crippen molar-refractivity contribution >= 4 is 11.3 Å². The molecule has 2 nitrogen and oxygen atoms in total. The van der Waals surface area contributed by atoms with Crippen molar-refractivity contribution in [3.05, 3.63) is 21.4 Å². The molecule has 102 valence electrons. The molecule has 0 saturated carbocycles. The fourth-order valence-corrected chi connectivity index (χ4v) is 3.75. The van der Waals surface area contributed by atoms with Crippen LogP contribution in [-0.2, 0) is 4.74 Å². The van der Waals surface area contributed by atoms with E-state index in [9.17, 15) is 0 Å². The van der Waals surface area contributed by atoms with Crippen LogP contribution in [0.1, 0.15) is 54.5 Å². The van der Waals surface area contributed by atoms with E-state index in [1.807, 2.05) is 11.3 Å². The van der Waals surface area contributed by atoms with Gasteiger partial charge in [0.15, 0.2) is 0 Å². The minimum absolute atomic E-state index is 0.347. The molecule has 2 rings (SSSR count). The molecule has 18 heavy (non-hydrogen) atoms. The molecule has 0 bridgehead atoms. The lowest BCUT2D eigenvalue weighted by Crippen LogP contribution is -2.32. The lowest BCUT2D eigenvalue weighted by molar-refractivity contribution is 0.0316. The summed E-state index contributed by atoms with van der Waals surface area (Å²) in [7, 11) is 0. The Bertz CT molecular complexity index is 388. The predicted octanol–water partition coefficient (Wildman–Crippen LogP) is 3.97. The predicted molar refractivity (Wildman–Crippen MR) is 78.4 cm³/mol. The van der Waals surface area contributed by atoms with Crippen molar-refractivity contribution in [1.82, 2.24) is 5.32 Å². The van der Waals surface area contributed by atoms with E-state index in [2.05, 4.69) is 39.1 Å².